The molecule has 0 amide bonds. The average molecular weight is 468 g/mol. The molecule has 0 aliphatic heterocycles. The summed E-state index contributed by atoms with van der Waals surface area (Å²) < 4.78 is 43.2. The highest BCUT2D eigenvalue weighted by molar-refractivity contribution is 7.89. The zero-order chi connectivity index (χ0) is 22.8. The van der Waals surface area contributed by atoms with Gasteiger partial charge in [-0.15, -0.1) is 0 Å². The number of aromatic nitrogens is 2. The number of aliphatic hydroxyl groups is 1. The van der Waals surface area contributed by atoms with Crippen molar-refractivity contribution in [2.45, 2.75) is 11.8 Å². The number of aliphatic hydroxyl groups excluding tert-OH is 1. The van der Waals surface area contributed by atoms with Gasteiger partial charge >= 0.3 is 5.56 Å². The van der Waals surface area contributed by atoms with E-state index in [1.807, 2.05) is 0 Å². The van der Waals surface area contributed by atoms with Crippen LogP contribution in [0.15, 0.2) is 58.4 Å². The van der Waals surface area contributed by atoms with Crippen LogP contribution < -0.4 is 15.4 Å². The van der Waals surface area contributed by atoms with Crippen LogP contribution in [-0.4, -0.2) is 36.5 Å². The first-order chi connectivity index (χ1) is 14.6. The summed E-state index contributed by atoms with van der Waals surface area (Å²) in [7, 11) is -3.88. The first-order valence-electron chi connectivity index (χ1n) is 9.06. The van der Waals surface area contributed by atoms with Crippen molar-refractivity contribution in [2.24, 2.45) is 11.1 Å². The van der Waals surface area contributed by atoms with Crippen LogP contribution in [0.1, 0.15) is 6.92 Å². The van der Waals surface area contributed by atoms with Gasteiger partial charge in [-0.25, -0.2) is 17.9 Å². The summed E-state index contributed by atoms with van der Waals surface area (Å²) in [5, 5.41) is 18.3. The molecule has 0 aliphatic rings. The predicted molar refractivity (Wildman–Crippen MR) is 113 cm³/mol. The lowest BCUT2D eigenvalue weighted by Gasteiger charge is -2.15. The van der Waals surface area contributed by atoms with Crippen LogP contribution in [-0.2, 0) is 10.0 Å². The Morgan fingerprint density at radius 2 is 1.94 bits per heavy atom. The molecule has 0 unspecified atom stereocenters. The Hall–Kier alpha value is -2.79. The third-order valence-corrected chi connectivity index (χ3v) is 5.62. The summed E-state index contributed by atoms with van der Waals surface area (Å²) in [6.45, 7) is 1.63. The quantitative estimate of drug-likeness (QED) is 0.549. The fourth-order valence-electron chi connectivity index (χ4n) is 2.69. The van der Waals surface area contributed by atoms with Gasteiger partial charge in [0.25, 0.3) is 0 Å². The SMILES string of the molecule is C[C@H](CO)COc1c(-c2ccc(S(N)(=O)=O)cc2)cnn(-c2ccc(F)c(Cl)c2)c1=O. The Morgan fingerprint density at radius 1 is 1.26 bits per heavy atom. The van der Waals surface area contributed by atoms with Crippen molar-refractivity contribution in [3.63, 3.8) is 0 Å². The molecule has 11 heteroatoms. The molecule has 3 aromatic rings. The molecule has 0 radical (unpaired) electrons. The Morgan fingerprint density at radius 3 is 2.52 bits per heavy atom. The van der Waals surface area contributed by atoms with Crippen LogP contribution in [0.5, 0.6) is 5.75 Å². The topological polar surface area (TPSA) is 125 Å². The van der Waals surface area contributed by atoms with Crippen LogP contribution in [0.2, 0.25) is 5.02 Å². The van der Waals surface area contributed by atoms with Crippen molar-refractivity contribution in [3.8, 4) is 22.6 Å². The van der Waals surface area contributed by atoms with Crippen LogP contribution >= 0.6 is 11.6 Å². The number of ether oxygens (including phenoxy) is 1. The number of hydrogen-bond donors (Lipinski definition) is 2. The van der Waals surface area contributed by atoms with Crippen LogP contribution in [0.3, 0.4) is 0 Å². The van der Waals surface area contributed by atoms with Crippen molar-refractivity contribution in [1.29, 1.82) is 0 Å². The third-order valence-electron chi connectivity index (χ3n) is 4.40. The first kappa shape index (κ1) is 22.9. The van der Waals surface area contributed by atoms with Gasteiger partial charge in [0.05, 0.1) is 28.4 Å². The summed E-state index contributed by atoms with van der Waals surface area (Å²) >= 11 is 5.82. The molecule has 0 spiro atoms. The summed E-state index contributed by atoms with van der Waals surface area (Å²) in [6, 6.07) is 9.25. The lowest BCUT2D eigenvalue weighted by molar-refractivity contribution is 0.173. The van der Waals surface area contributed by atoms with E-state index in [1.54, 1.807) is 6.92 Å². The highest BCUT2D eigenvalue weighted by Crippen LogP contribution is 2.28. The molecule has 0 saturated carbocycles. The molecular weight excluding hydrogens is 449 g/mol. The molecule has 3 rings (SSSR count). The summed E-state index contributed by atoms with van der Waals surface area (Å²) in [4.78, 5) is 13.1. The molecule has 0 saturated heterocycles. The van der Waals surface area contributed by atoms with Crippen LogP contribution in [0.25, 0.3) is 16.8 Å². The molecule has 0 aliphatic carbocycles. The second-order valence-electron chi connectivity index (χ2n) is 6.87. The predicted octanol–water partition coefficient (Wildman–Crippen LogP) is 2.35. The maximum Gasteiger partial charge on any atom is 0.314 e. The maximum atomic E-state index is 13.5. The van der Waals surface area contributed by atoms with Gasteiger partial charge in [0, 0.05) is 18.1 Å². The van der Waals surface area contributed by atoms with E-state index >= 15 is 0 Å². The highest BCUT2D eigenvalue weighted by Gasteiger charge is 2.18. The van der Waals surface area contributed by atoms with Crippen molar-refractivity contribution < 1.29 is 22.7 Å². The number of sulfonamides is 1. The van der Waals surface area contributed by atoms with Gasteiger partial charge < -0.3 is 9.84 Å². The maximum absolute atomic E-state index is 13.5. The van der Waals surface area contributed by atoms with E-state index < -0.39 is 21.4 Å². The molecular formula is C20H19ClFN3O5S. The van der Waals surface area contributed by atoms with E-state index in [2.05, 4.69) is 5.10 Å². The van der Waals surface area contributed by atoms with Gasteiger partial charge in [-0.3, -0.25) is 4.79 Å². The fraction of sp³-hybridized carbons (Fsp3) is 0.200. The van der Waals surface area contributed by atoms with Gasteiger partial charge in [0.2, 0.25) is 10.0 Å². The first-order valence-corrected chi connectivity index (χ1v) is 11.0. The van der Waals surface area contributed by atoms with Crippen LogP contribution in [0.4, 0.5) is 4.39 Å². The minimum Gasteiger partial charge on any atom is -0.487 e. The number of nitrogens with two attached hydrogens (primary N) is 1. The Balaban J connectivity index is 2.13. The van der Waals surface area contributed by atoms with Crippen molar-refractivity contribution in [1.82, 2.24) is 9.78 Å². The van der Waals surface area contributed by atoms with Crippen molar-refractivity contribution in [2.75, 3.05) is 13.2 Å². The van der Waals surface area contributed by atoms with Gasteiger partial charge in [-0.1, -0.05) is 30.7 Å². The molecule has 1 aromatic heterocycles. The van der Waals surface area contributed by atoms with E-state index in [-0.39, 0.29) is 40.5 Å². The van der Waals surface area contributed by atoms with E-state index in [9.17, 15) is 22.7 Å². The van der Waals surface area contributed by atoms with Gasteiger partial charge in [0.15, 0.2) is 5.75 Å². The minimum atomic E-state index is -3.88. The lowest BCUT2D eigenvalue weighted by Crippen LogP contribution is -2.25. The number of hydrogen-bond acceptors (Lipinski definition) is 6. The van der Waals surface area contributed by atoms with E-state index in [1.165, 1.54) is 42.6 Å². The van der Waals surface area contributed by atoms with E-state index in [0.717, 1.165) is 10.7 Å². The van der Waals surface area contributed by atoms with Gasteiger partial charge in [0.1, 0.15) is 5.82 Å². The number of nitrogens with zero attached hydrogens (tertiary/aromatic N) is 2. The highest BCUT2D eigenvalue weighted by atomic mass is 35.5. The number of benzene rings is 2. The zero-order valence-electron chi connectivity index (χ0n) is 16.3. The van der Waals surface area contributed by atoms with Crippen molar-refractivity contribution >= 4 is 21.6 Å². The Labute approximate surface area is 182 Å². The van der Waals surface area contributed by atoms with Gasteiger partial charge in [-0.05, 0) is 35.9 Å². The van der Waals surface area contributed by atoms with Gasteiger partial charge in [-0.2, -0.15) is 9.78 Å². The molecule has 31 heavy (non-hydrogen) atoms. The standard InChI is InChI=1S/C20H19ClFN3O5S/c1-12(10-26)11-30-19-16(13-2-5-15(6-3-13)31(23,28)29)9-24-25(20(19)27)14-4-7-18(22)17(21)8-14/h2-9,12,26H,10-11H2,1H3,(H2,23,28,29)/t12-/m1/s1. The molecule has 164 valence electrons. The molecule has 1 heterocycles. The number of halogens is 2. The monoisotopic (exact) mass is 467 g/mol. The molecule has 2 aromatic carbocycles. The second kappa shape index (κ2) is 9.15. The van der Waals surface area contributed by atoms with Crippen molar-refractivity contribution in [3.05, 3.63) is 69.9 Å². The summed E-state index contributed by atoms with van der Waals surface area (Å²) in [5.41, 5.74) is 0.363. The number of primary sulfonamides is 1. The molecule has 8 nitrogen and oxygen atoms in total. The third kappa shape index (κ3) is 5.10. The molecule has 1 atom stereocenters. The fourth-order valence-corrected chi connectivity index (χ4v) is 3.38. The Kier molecular flexibility index (Phi) is 6.75. The van der Waals surface area contributed by atoms with E-state index in [4.69, 9.17) is 21.5 Å². The molecule has 3 N–H and O–H groups in total. The smallest absolute Gasteiger partial charge is 0.314 e. The normalized spacial score (nSPS) is 12.5. The lowest BCUT2D eigenvalue weighted by atomic mass is 10.1. The zero-order valence-corrected chi connectivity index (χ0v) is 17.9. The van der Waals surface area contributed by atoms with E-state index in [0.29, 0.717) is 11.1 Å². The van der Waals surface area contributed by atoms with Crippen LogP contribution in [0, 0.1) is 11.7 Å². The minimum absolute atomic E-state index is 0.0438. The largest absolute Gasteiger partial charge is 0.487 e. The average Bonchev–Trinajstić information content (AvgIpc) is 2.74. The number of rotatable bonds is 7. The summed E-state index contributed by atoms with van der Waals surface area (Å²) in [6.07, 6.45) is 1.36. The second-order valence-corrected chi connectivity index (χ2v) is 8.84. The summed E-state index contributed by atoms with van der Waals surface area (Å²) in [5.74, 6) is -0.962. The molecule has 0 fully saturated rings. The molecule has 0 bridgehead atoms. The Bertz CT molecular complexity index is 1260.